The molecule has 6 N–H and O–H groups in total. The summed E-state index contributed by atoms with van der Waals surface area (Å²) in [4.78, 5) is 51.5. The number of ether oxygens (including phenoxy) is 2. The maximum atomic E-state index is 13.6. The number of nitrogens with two attached hydrogens (primary N) is 1. The third-order valence-corrected chi connectivity index (χ3v) is 10.3. The predicted octanol–water partition coefficient (Wildman–Crippen LogP) is 3.01. The number of benzene rings is 2. The van der Waals surface area contributed by atoms with E-state index in [9.17, 15) is 19.2 Å². The summed E-state index contributed by atoms with van der Waals surface area (Å²) in [6.07, 6.45) is 5.15. The van der Waals surface area contributed by atoms with Crippen molar-refractivity contribution in [3.8, 4) is 11.5 Å². The van der Waals surface area contributed by atoms with E-state index in [2.05, 4.69) is 21.3 Å². The molecular formula is C34H46N6O6S. The molecule has 254 valence electrons. The third kappa shape index (κ3) is 8.89. The maximum Gasteiger partial charge on any atom is 0.315 e. The van der Waals surface area contributed by atoms with Gasteiger partial charge in [-0.05, 0) is 56.7 Å². The quantitative estimate of drug-likeness (QED) is 0.143. The van der Waals surface area contributed by atoms with Crippen LogP contribution in [-0.2, 0) is 14.4 Å². The Morgan fingerprint density at radius 3 is 2.68 bits per heavy atom. The van der Waals surface area contributed by atoms with Gasteiger partial charge >= 0.3 is 6.03 Å². The van der Waals surface area contributed by atoms with Gasteiger partial charge in [-0.15, -0.1) is 0 Å². The van der Waals surface area contributed by atoms with E-state index in [-0.39, 0.29) is 29.9 Å². The van der Waals surface area contributed by atoms with Crippen LogP contribution in [0.5, 0.6) is 11.5 Å². The fraction of sp³-hybridized carbons (Fsp3) is 0.529. The van der Waals surface area contributed by atoms with Crippen LogP contribution in [0.2, 0.25) is 0 Å². The number of urea groups is 1. The molecule has 0 unspecified atom stereocenters. The van der Waals surface area contributed by atoms with Gasteiger partial charge in [0, 0.05) is 37.1 Å². The molecule has 3 aliphatic rings. The molecule has 2 fully saturated rings. The van der Waals surface area contributed by atoms with Crippen molar-refractivity contribution >= 4 is 41.2 Å². The van der Waals surface area contributed by atoms with Crippen LogP contribution in [-0.4, -0.2) is 79.1 Å². The normalized spacial score (nSPS) is 23.8. The van der Waals surface area contributed by atoms with Gasteiger partial charge in [0.2, 0.25) is 11.8 Å². The number of fused-ring (bicyclic) bond motifs is 2. The molecule has 6 atom stereocenters. The Morgan fingerprint density at radius 1 is 1.09 bits per heavy atom. The molecule has 0 aliphatic carbocycles. The summed E-state index contributed by atoms with van der Waals surface area (Å²) in [5.74, 6) is 1.37. The van der Waals surface area contributed by atoms with Crippen molar-refractivity contribution in [2.45, 2.75) is 87.4 Å². The molecule has 5 amide bonds. The van der Waals surface area contributed by atoms with Crippen molar-refractivity contribution in [1.82, 2.24) is 21.3 Å². The second-order valence-corrected chi connectivity index (χ2v) is 13.6. The van der Waals surface area contributed by atoms with Crippen LogP contribution in [0.25, 0.3) is 0 Å². The van der Waals surface area contributed by atoms with E-state index in [0.29, 0.717) is 42.0 Å². The van der Waals surface area contributed by atoms with Gasteiger partial charge in [0.15, 0.2) is 6.10 Å². The summed E-state index contributed by atoms with van der Waals surface area (Å²) in [5.41, 5.74) is 7.09. The van der Waals surface area contributed by atoms with Gasteiger partial charge in [0.05, 0.1) is 30.4 Å². The zero-order valence-corrected chi connectivity index (χ0v) is 27.9. The topological polar surface area (TPSA) is 164 Å². The fourth-order valence-corrected chi connectivity index (χ4v) is 7.66. The highest BCUT2D eigenvalue weighted by Crippen LogP contribution is 2.39. The average molecular weight is 667 g/mol. The number of hydrogen-bond donors (Lipinski definition) is 5. The lowest BCUT2D eigenvalue weighted by atomic mass is 10.0. The maximum absolute atomic E-state index is 13.6. The van der Waals surface area contributed by atoms with E-state index in [1.165, 1.54) is 4.90 Å². The Kier molecular flexibility index (Phi) is 11.9. The largest absolute Gasteiger partial charge is 0.494 e. The number of nitrogens with one attached hydrogen (secondary N) is 4. The van der Waals surface area contributed by atoms with Crippen molar-refractivity contribution < 1.29 is 28.7 Å². The van der Waals surface area contributed by atoms with Gasteiger partial charge < -0.3 is 41.4 Å². The second kappa shape index (κ2) is 16.2. The Hall–Kier alpha value is -3.97. The standard InChI is InChI=1S/C34H46N6O6S/c1-21(35)32(42)38-30-31(22-11-5-3-6-12-22)46-26-16-15-23(19-25(26)40(2)33(30)43)45-18-10-4-9-17-36-28(41)14-8-7-13-27-29-24(20-47-27)37-34(44)39-29/h3,5-6,11-12,15-16,19,21,24,27,29-31H,4,7-10,13-14,17-18,20,35H2,1-2H3,(H,36,41)(H,38,42)(H2,37,39,44)/t21-,24-,27-,29-,30-,31+/m0/s1. The van der Waals surface area contributed by atoms with Crippen LogP contribution < -0.4 is 41.4 Å². The Morgan fingerprint density at radius 2 is 1.89 bits per heavy atom. The Balaban J connectivity index is 1.02. The first-order valence-corrected chi connectivity index (χ1v) is 17.5. The van der Waals surface area contributed by atoms with Gasteiger partial charge in [-0.2, -0.15) is 11.8 Å². The number of nitrogens with zero attached hydrogens (tertiary/aromatic N) is 1. The highest BCUT2D eigenvalue weighted by atomic mass is 32.2. The molecule has 3 aliphatic heterocycles. The highest BCUT2D eigenvalue weighted by molar-refractivity contribution is 8.00. The monoisotopic (exact) mass is 666 g/mol. The van der Waals surface area contributed by atoms with Gasteiger partial charge in [-0.25, -0.2) is 4.79 Å². The number of anilines is 1. The molecule has 0 radical (unpaired) electrons. The van der Waals surface area contributed by atoms with E-state index in [0.717, 1.165) is 49.8 Å². The summed E-state index contributed by atoms with van der Waals surface area (Å²) in [6, 6.07) is 13.3. The second-order valence-electron chi connectivity index (χ2n) is 12.4. The van der Waals surface area contributed by atoms with Crippen LogP contribution in [0.4, 0.5) is 10.5 Å². The minimum Gasteiger partial charge on any atom is -0.494 e. The molecule has 2 saturated heterocycles. The van der Waals surface area contributed by atoms with E-state index in [1.54, 1.807) is 26.1 Å². The molecule has 0 bridgehead atoms. The van der Waals surface area contributed by atoms with Crippen molar-refractivity contribution in [2.24, 2.45) is 5.73 Å². The molecule has 3 heterocycles. The van der Waals surface area contributed by atoms with Crippen LogP contribution in [0.3, 0.4) is 0 Å². The van der Waals surface area contributed by atoms with Crippen molar-refractivity contribution in [2.75, 3.05) is 30.9 Å². The molecule has 13 heteroatoms. The Bertz CT molecular complexity index is 1410. The van der Waals surface area contributed by atoms with E-state index < -0.39 is 24.1 Å². The Labute approximate surface area is 280 Å². The molecule has 47 heavy (non-hydrogen) atoms. The first-order chi connectivity index (χ1) is 22.7. The highest BCUT2D eigenvalue weighted by Gasteiger charge is 2.42. The van der Waals surface area contributed by atoms with Gasteiger partial charge in [0.1, 0.15) is 17.5 Å². The lowest BCUT2D eigenvalue weighted by molar-refractivity contribution is -0.129. The van der Waals surface area contributed by atoms with Gasteiger partial charge in [-0.1, -0.05) is 36.8 Å². The molecule has 0 saturated carbocycles. The van der Waals surface area contributed by atoms with E-state index in [4.69, 9.17) is 15.2 Å². The molecule has 2 aromatic rings. The van der Waals surface area contributed by atoms with E-state index in [1.807, 2.05) is 48.2 Å². The smallest absolute Gasteiger partial charge is 0.315 e. The number of thioether (sulfide) groups is 1. The van der Waals surface area contributed by atoms with Gasteiger partial charge in [0.25, 0.3) is 5.91 Å². The first kappa shape index (κ1) is 34.4. The van der Waals surface area contributed by atoms with Crippen molar-refractivity contribution in [3.63, 3.8) is 0 Å². The molecular weight excluding hydrogens is 620 g/mol. The first-order valence-electron chi connectivity index (χ1n) is 16.5. The number of rotatable bonds is 15. The third-order valence-electron chi connectivity index (χ3n) is 8.78. The summed E-state index contributed by atoms with van der Waals surface area (Å²) in [5, 5.41) is 12.2. The molecule has 0 spiro atoms. The number of amides is 5. The number of unbranched alkanes of at least 4 members (excludes halogenated alkanes) is 3. The number of carbonyl (C=O) groups is 4. The van der Waals surface area contributed by atoms with Crippen molar-refractivity contribution in [1.29, 1.82) is 0 Å². The van der Waals surface area contributed by atoms with Crippen molar-refractivity contribution in [3.05, 3.63) is 54.1 Å². The minimum atomic E-state index is -0.975. The molecule has 12 nitrogen and oxygen atoms in total. The number of likely N-dealkylation sites (N-methyl/N-ethyl adjacent to an activating group) is 1. The SMILES string of the molecule is C[C@H](N)C(=O)N[C@@H]1C(=O)N(C)c2cc(OCCCCCNC(=O)CCCC[C@@H]3SC[C@@H]4NC(=O)N[C@@H]43)ccc2O[C@@H]1c1ccccc1. The molecule has 0 aromatic heterocycles. The van der Waals surface area contributed by atoms with Crippen LogP contribution in [0, 0.1) is 0 Å². The van der Waals surface area contributed by atoms with Gasteiger partial charge in [-0.3, -0.25) is 14.4 Å². The summed E-state index contributed by atoms with van der Waals surface area (Å²) >= 11 is 1.90. The fourth-order valence-electron chi connectivity index (χ4n) is 6.12. The summed E-state index contributed by atoms with van der Waals surface area (Å²) < 4.78 is 12.4. The minimum absolute atomic E-state index is 0.0657. The summed E-state index contributed by atoms with van der Waals surface area (Å²) in [7, 11) is 1.65. The zero-order valence-electron chi connectivity index (χ0n) is 27.0. The molecule has 5 rings (SSSR count). The summed E-state index contributed by atoms with van der Waals surface area (Å²) in [6.45, 7) is 2.69. The van der Waals surface area contributed by atoms with E-state index >= 15 is 0 Å². The number of carbonyl (C=O) groups excluding carboxylic acids is 4. The van der Waals surface area contributed by atoms with Crippen LogP contribution in [0.1, 0.15) is 63.5 Å². The lowest BCUT2D eigenvalue weighted by Crippen LogP contribution is -2.53. The van der Waals surface area contributed by atoms with Crippen LogP contribution >= 0.6 is 11.8 Å². The number of hydrogen-bond acceptors (Lipinski definition) is 8. The van der Waals surface area contributed by atoms with Crippen LogP contribution in [0.15, 0.2) is 48.5 Å². The average Bonchev–Trinajstić information content (AvgIpc) is 3.60. The molecule has 2 aromatic carbocycles. The zero-order chi connectivity index (χ0) is 33.3. The lowest BCUT2D eigenvalue weighted by Gasteiger charge is -2.27. The predicted molar refractivity (Wildman–Crippen MR) is 182 cm³/mol.